The number of nitrogens with one attached hydrogen (secondary N) is 2. The van der Waals surface area contributed by atoms with Gasteiger partial charge in [0.15, 0.2) is 0 Å². The topological polar surface area (TPSA) is 87.5 Å². The quantitative estimate of drug-likeness (QED) is 0.323. The van der Waals surface area contributed by atoms with Gasteiger partial charge in [-0.3, -0.25) is 14.9 Å². The largest absolute Gasteiger partial charge is 0.363 e. The first-order valence-electron chi connectivity index (χ1n) is 10.7. The first kappa shape index (κ1) is 21.4. The van der Waals surface area contributed by atoms with Crippen molar-refractivity contribution >= 4 is 23.0 Å². The van der Waals surface area contributed by atoms with Crippen LogP contribution in [0.1, 0.15) is 18.4 Å². The van der Waals surface area contributed by atoms with Crippen LogP contribution in [-0.4, -0.2) is 34.5 Å². The fraction of sp³-hybridized carbons (Fsp3) is 0.240. The Kier molecular flexibility index (Phi) is 6.35. The summed E-state index contributed by atoms with van der Waals surface area (Å²) in [5.74, 6) is 0.0341. The Labute approximate surface area is 187 Å². The first-order chi connectivity index (χ1) is 15.5. The average molecular weight is 431 g/mol. The molecule has 1 aliphatic heterocycles. The lowest BCUT2D eigenvalue weighted by atomic mass is 9.94. The van der Waals surface area contributed by atoms with Crippen molar-refractivity contribution in [2.45, 2.75) is 24.9 Å². The summed E-state index contributed by atoms with van der Waals surface area (Å²) in [6, 6.07) is 26.3. The molecule has 0 radical (unpaired) electrons. The van der Waals surface area contributed by atoms with Gasteiger partial charge in [-0.15, -0.1) is 0 Å². The molecule has 1 heterocycles. The van der Waals surface area contributed by atoms with E-state index in [1.165, 1.54) is 12.1 Å². The monoisotopic (exact) mass is 430 g/mol. The van der Waals surface area contributed by atoms with Gasteiger partial charge >= 0.3 is 0 Å². The van der Waals surface area contributed by atoms with Crippen LogP contribution in [0.25, 0.3) is 0 Å². The van der Waals surface area contributed by atoms with E-state index in [4.69, 9.17) is 0 Å². The number of rotatable bonds is 7. The van der Waals surface area contributed by atoms with E-state index in [1.807, 2.05) is 65.6 Å². The number of nitro groups is 1. The molecule has 0 unspecified atom stereocenters. The molecule has 0 spiro atoms. The minimum Gasteiger partial charge on any atom is -0.363 e. The zero-order valence-corrected chi connectivity index (χ0v) is 17.7. The summed E-state index contributed by atoms with van der Waals surface area (Å²) in [5.41, 5.74) is 2.50. The van der Waals surface area contributed by atoms with Crippen LogP contribution in [0.3, 0.4) is 0 Å². The Balaban J connectivity index is 1.43. The van der Waals surface area contributed by atoms with Crippen molar-refractivity contribution in [1.29, 1.82) is 0 Å². The lowest BCUT2D eigenvalue weighted by Crippen LogP contribution is -2.55. The molecule has 0 saturated carbocycles. The van der Waals surface area contributed by atoms with E-state index in [-0.39, 0.29) is 23.7 Å². The number of likely N-dealkylation sites (tertiary alicyclic amines) is 1. The van der Waals surface area contributed by atoms with Gasteiger partial charge in [-0.25, -0.2) is 0 Å². The minimum absolute atomic E-state index is 0.0305. The number of benzene rings is 3. The molecule has 7 heteroatoms. The molecule has 1 aliphatic rings. The van der Waals surface area contributed by atoms with Crippen molar-refractivity contribution in [3.63, 3.8) is 0 Å². The van der Waals surface area contributed by atoms with Crippen LogP contribution in [0.4, 0.5) is 17.1 Å². The molecule has 0 aliphatic carbocycles. The SMILES string of the molecule is O=C(Cc1ccc([N+](=O)[O-])cc1)N1CCC(Nc2ccccc2)(Nc2ccccc2)CC1. The van der Waals surface area contributed by atoms with E-state index >= 15 is 0 Å². The molecule has 4 rings (SSSR count). The van der Waals surface area contributed by atoms with Gasteiger partial charge in [0.1, 0.15) is 5.66 Å². The van der Waals surface area contributed by atoms with Crippen LogP contribution in [0.2, 0.25) is 0 Å². The lowest BCUT2D eigenvalue weighted by Gasteiger charge is -2.44. The predicted molar refractivity (Wildman–Crippen MR) is 125 cm³/mol. The minimum atomic E-state index is -0.435. The third-order valence-electron chi connectivity index (χ3n) is 5.79. The van der Waals surface area contributed by atoms with Crippen LogP contribution in [0.5, 0.6) is 0 Å². The number of nitrogens with zero attached hydrogens (tertiary/aromatic N) is 2. The third kappa shape index (κ3) is 5.24. The molecule has 1 fully saturated rings. The van der Waals surface area contributed by atoms with Crippen LogP contribution in [0, 0.1) is 10.1 Å². The maximum absolute atomic E-state index is 12.9. The van der Waals surface area contributed by atoms with Gasteiger partial charge in [0.25, 0.3) is 5.69 Å². The molecular weight excluding hydrogens is 404 g/mol. The summed E-state index contributed by atoms with van der Waals surface area (Å²) in [6.45, 7) is 1.23. The molecule has 164 valence electrons. The number of amides is 1. The summed E-state index contributed by atoms with van der Waals surface area (Å²) in [6.07, 6.45) is 1.72. The molecular formula is C25H26N4O3. The molecule has 32 heavy (non-hydrogen) atoms. The second kappa shape index (κ2) is 9.51. The van der Waals surface area contributed by atoms with Crippen LogP contribution in [-0.2, 0) is 11.2 Å². The molecule has 0 bridgehead atoms. The lowest BCUT2D eigenvalue weighted by molar-refractivity contribution is -0.384. The van der Waals surface area contributed by atoms with E-state index in [1.54, 1.807) is 12.1 Å². The van der Waals surface area contributed by atoms with Crippen molar-refractivity contribution in [2.75, 3.05) is 23.7 Å². The second-order valence-corrected chi connectivity index (χ2v) is 8.05. The summed E-state index contributed by atoms with van der Waals surface area (Å²) in [7, 11) is 0. The van der Waals surface area contributed by atoms with Crippen molar-refractivity contribution in [1.82, 2.24) is 4.90 Å². The number of carbonyl (C=O) groups is 1. The molecule has 7 nitrogen and oxygen atoms in total. The van der Waals surface area contributed by atoms with Crippen LogP contribution >= 0.6 is 0 Å². The number of nitro benzene ring substituents is 1. The Morgan fingerprint density at radius 2 is 1.34 bits per heavy atom. The molecule has 1 amide bonds. The molecule has 3 aromatic carbocycles. The van der Waals surface area contributed by atoms with E-state index in [0.717, 1.165) is 29.8 Å². The highest BCUT2D eigenvalue weighted by Gasteiger charge is 2.36. The molecule has 3 aromatic rings. The van der Waals surface area contributed by atoms with Gasteiger partial charge in [0.05, 0.1) is 11.3 Å². The zero-order valence-electron chi connectivity index (χ0n) is 17.7. The zero-order chi connectivity index (χ0) is 22.4. The van der Waals surface area contributed by atoms with E-state index < -0.39 is 4.92 Å². The van der Waals surface area contributed by atoms with Crippen LogP contribution in [0.15, 0.2) is 84.9 Å². The highest BCUT2D eigenvalue weighted by Crippen LogP contribution is 2.29. The van der Waals surface area contributed by atoms with Gasteiger partial charge in [0, 0.05) is 49.4 Å². The van der Waals surface area contributed by atoms with Gasteiger partial charge in [-0.1, -0.05) is 48.5 Å². The maximum Gasteiger partial charge on any atom is 0.269 e. The summed E-state index contributed by atoms with van der Waals surface area (Å²) in [4.78, 5) is 25.1. The maximum atomic E-state index is 12.9. The normalized spacial score (nSPS) is 15.1. The van der Waals surface area contributed by atoms with E-state index in [2.05, 4.69) is 10.6 Å². The molecule has 0 aromatic heterocycles. The highest BCUT2D eigenvalue weighted by atomic mass is 16.6. The summed E-state index contributed by atoms with van der Waals surface area (Å²) < 4.78 is 0. The summed E-state index contributed by atoms with van der Waals surface area (Å²) in [5, 5.41) is 18.1. The molecule has 0 atom stereocenters. The smallest absolute Gasteiger partial charge is 0.269 e. The highest BCUT2D eigenvalue weighted by molar-refractivity contribution is 5.79. The van der Waals surface area contributed by atoms with Crippen molar-refractivity contribution in [3.8, 4) is 0 Å². The fourth-order valence-electron chi connectivity index (χ4n) is 4.04. The number of piperidine rings is 1. The Morgan fingerprint density at radius 3 is 1.81 bits per heavy atom. The van der Waals surface area contributed by atoms with Crippen molar-refractivity contribution in [2.24, 2.45) is 0 Å². The Morgan fingerprint density at radius 1 is 0.844 bits per heavy atom. The molecule has 1 saturated heterocycles. The van der Waals surface area contributed by atoms with Gasteiger partial charge < -0.3 is 15.5 Å². The average Bonchev–Trinajstić information content (AvgIpc) is 2.81. The van der Waals surface area contributed by atoms with Gasteiger partial charge in [-0.05, 0) is 29.8 Å². The Hall–Kier alpha value is -3.87. The third-order valence-corrected chi connectivity index (χ3v) is 5.79. The van der Waals surface area contributed by atoms with Gasteiger partial charge in [-0.2, -0.15) is 0 Å². The number of carbonyl (C=O) groups excluding carboxylic acids is 1. The Bertz CT molecular complexity index is 1000. The number of para-hydroxylation sites is 2. The fourth-order valence-corrected chi connectivity index (χ4v) is 4.04. The summed E-state index contributed by atoms with van der Waals surface area (Å²) >= 11 is 0. The first-order valence-corrected chi connectivity index (χ1v) is 10.7. The number of non-ortho nitro benzene ring substituents is 1. The van der Waals surface area contributed by atoms with Gasteiger partial charge in [0.2, 0.25) is 5.91 Å². The van der Waals surface area contributed by atoms with Crippen LogP contribution < -0.4 is 10.6 Å². The number of anilines is 2. The van der Waals surface area contributed by atoms with E-state index in [0.29, 0.717) is 13.1 Å². The second-order valence-electron chi connectivity index (χ2n) is 8.05. The number of hydrogen-bond acceptors (Lipinski definition) is 5. The predicted octanol–water partition coefficient (Wildman–Crippen LogP) is 4.68. The van der Waals surface area contributed by atoms with Crippen molar-refractivity contribution in [3.05, 3.63) is 101 Å². The molecule has 2 N–H and O–H groups in total. The number of hydrogen-bond donors (Lipinski definition) is 2. The van der Waals surface area contributed by atoms with Crippen molar-refractivity contribution < 1.29 is 9.72 Å². The van der Waals surface area contributed by atoms with E-state index in [9.17, 15) is 14.9 Å². The standard InChI is InChI=1S/C25H26N4O3/c30-24(19-20-11-13-23(14-12-20)29(31)32)28-17-15-25(16-18-28,26-21-7-3-1-4-8-21)27-22-9-5-2-6-10-22/h1-14,26-27H,15-19H2.